The van der Waals surface area contributed by atoms with Gasteiger partial charge in [0, 0.05) is 21.5 Å². The van der Waals surface area contributed by atoms with Gasteiger partial charge in [-0.25, -0.2) is 0 Å². The van der Waals surface area contributed by atoms with E-state index in [0.717, 1.165) is 10.9 Å². The van der Waals surface area contributed by atoms with Crippen molar-refractivity contribution in [1.82, 2.24) is 0 Å². The Hall–Kier alpha value is -1.37. The summed E-state index contributed by atoms with van der Waals surface area (Å²) in [6.45, 7) is 0.582. The van der Waals surface area contributed by atoms with Crippen LogP contribution >= 0.6 is 27.3 Å². The number of nitrogens with two attached hydrogens (primary N) is 1. The number of hydrogen-bond donors (Lipinski definition) is 2. The molecule has 0 atom stereocenters. The molecule has 0 saturated heterocycles. The van der Waals surface area contributed by atoms with Gasteiger partial charge in [-0.15, -0.1) is 11.3 Å². The zero-order valence-electron chi connectivity index (χ0n) is 10.8. The predicted molar refractivity (Wildman–Crippen MR) is 86.0 cm³/mol. The molecule has 0 saturated carbocycles. The number of anilines is 2. The lowest BCUT2D eigenvalue weighted by Crippen LogP contribution is -2.19. The molecule has 6 heteroatoms. The Morgan fingerprint density at radius 3 is 2.95 bits per heavy atom. The highest BCUT2D eigenvalue weighted by atomic mass is 79.9. The van der Waals surface area contributed by atoms with Crippen LogP contribution in [0.2, 0.25) is 0 Å². The van der Waals surface area contributed by atoms with Crippen molar-refractivity contribution in [2.24, 2.45) is 0 Å². The SMILES string of the molecule is Nc1ccc(NC(=O)COCCc2cccs2)c(Br)c1. The lowest BCUT2D eigenvalue weighted by atomic mass is 10.3. The summed E-state index contributed by atoms with van der Waals surface area (Å²) in [6, 6.07) is 9.29. The van der Waals surface area contributed by atoms with Gasteiger partial charge < -0.3 is 15.8 Å². The van der Waals surface area contributed by atoms with Crippen LogP contribution in [0.5, 0.6) is 0 Å². The Morgan fingerprint density at radius 1 is 1.40 bits per heavy atom. The average molecular weight is 355 g/mol. The highest BCUT2D eigenvalue weighted by molar-refractivity contribution is 9.10. The van der Waals surface area contributed by atoms with Gasteiger partial charge in [0.25, 0.3) is 0 Å². The summed E-state index contributed by atoms with van der Waals surface area (Å²) in [7, 11) is 0. The van der Waals surface area contributed by atoms with Gasteiger partial charge in [0.05, 0.1) is 12.3 Å². The van der Waals surface area contributed by atoms with E-state index < -0.39 is 0 Å². The van der Waals surface area contributed by atoms with Gasteiger partial charge in [0.1, 0.15) is 6.61 Å². The molecule has 0 aliphatic heterocycles. The second-order valence-corrected chi connectivity index (χ2v) is 6.06. The van der Waals surface area contributed by atoms with Gasteiger partial charge >= 0.3 is 0 Å². The molecular formula is C14H15BrN2O2S. The van der Waals surface area contributed by atoms with E-state index in [1.54, 1.807) is 29.5 Å². The van der Waals surface area contributed by atoms with Crippen molar-refractivity contribution < 1.29 is 9.53 Å². The molecule has 1 aromatic heterocycles. The minimum atomic E-state index is -0.179. The molecule has 1 amide bonds. The van der Waals surface area contributed by atoms with Crippen molar-refractivity contribution in [3.63, 3.8) is 0 Å². The van der Waals surface area contributed by atoms with Gasteiger partial charge in [-0.2, -0.15) is 0 Å². The fourth-order valence-electron chi connectivity index (χ4n) is 1.61. The van der Waals surface area contributed by atoms with Crippen molar-refractivity contribution in [3.05, 3.63) is 45.1 Å². The molecular weight excluding hydrogens is 340 g/mol. The molecule has 2 aromatic rings. The van der Waals surface area contributed by atoms with Crippen LogP contribution in [0.25, 0.3) is 0 Å². The highest BCUT2D eigenvalue weighted by Crippen LogP contribution is 2.24. The van der Waals surface area contributed by atoms with E-state index in [1.165, 1.54) is 4.88 Å². The summed E-state index contributed by atoms with van der Waals surface area (Å²) in [5.74, 6) is -0.179. The van der Waals surface area contributed by atoms with E-state index in [2.05, 4.69) is 27.3 Å². The van der Waals surface area contributed by atoms with Gasteiger partial charge in [0.2, 0.25) is 5.91 Å². The number of halogens is 1. The Kier molecular flexibility index (Phi) is 5.58. The molecule has 106 valence electrons. The Morgan fingerprint density at radius 2 is 2.25 bits per heavy atom. The fourth-order valence-corrected chi connectivity index (χ4v) is 2.80. The average Bonchev–Trinajstić information content (AvgIpc) is 2.91. The zero-order valence-corrected chi connectivity index (χ0v) is 13.2. The third kappa shape index (κ3) is 4.63. The molecule has 4 nitrogen and oxygen atoms in total. The van der Waals surface area contributed by atoms with Crippen molar-refractivity contribution in [1.29, 1.82) is 0 Å². The molecule has 1 heterocycles. The number of carbonyl (C=O) groups excluding carboxylic acids is 1. The largest absolute Gasteiger partial charge is 0.399 e. The third-order valence-electron chi connectivity index (χ3n) is 2.57. The van der Waals surface area contributed by atoms with E-state index in [4.69, 9.17) is 10.5 Å². The van der Waals surface area contributed by atoms with E-state index in [-0.39, 0.29) is 12.5 Å². The fraction of sp³-hybridized carbons (Fsp3) is 0.214. The normalized spacial score (nSPS) is 10.4. The highest BCUT2D eigenvalue weighted by Gasteiger charge is 2.06. The van der Waals surface area contributed by atoms with Gasteiger partial charge in [-0.3, -0.25) is 4.79 Å². The summed E-state index contributed by atoms with van der Waals surface area (Å²) in [5.41, 5.74) is 6.96. The second-order valence-electron chi connectivity index (χ2n) is 4.17. The first-order valence-electron chi connectivity index (χ1n) is 6.10. The van der Waals surface area contributed by atoms with Gasteiger partial charge in [-0.1, -0.05) is 6.07 Å². The quantitative estimate of drug-likeness (QED) is 0.617. The molecule has 0 aliphatic rings. The molecule has 0 spiro atoms. The van der Waals surface area contributed by atoms with Crippen molar-refractivity contribution in [3.8, 4) is 0 Å². The molecule has 2 rings (SSSR count). The van der Waals surface area contributed by atoms with Crippen LogP contribution in [0.4, 0.5) is 11.4 Å². The summed E-state index contributed by atoms with van der Waals surface area (Å²) < 4.78 is 6.11. The number of benzene rings is 1. The Labute approximate surface area is 130 Å². The Balaban J connectivity index is 1.72. The monoisotopic (exact) mass is 354 g/mol. The third-order valence-corrected chi connectivity index (χ3v) is 4.17. The summed E-state index contributed by atoms with van der Waals surface area (Å²) in [4.78, 5) is 13.0. The topological polar surface area (TPSA) is 64.3 Å². The first-order chi connectivity index (χ1) is 9.65. The molecule has 0 bridgehead atoms. The lowest BCUT2D eigenvalue weighted by molar-refractivity contribution is -0.120. The van der Waals surface area contributed by atoms with E-state index in [1.807, 2.05) is 11.4 Å². The number of hydrogen-bond acceptors (Lipinski definition) is 4. The van der Waals surface area contributed by atoms with Crippen molar-refractivity contribution in [2.45, 2.75) is 6.42 Å². The predicted octanol–water partition coefficient (Wildman–Crippen LogP) is 3.29. The van der Waals surface area contributed by atoms with E-state index in [9.17, 15) is 4.79 Å². The Bertz CT molecular complexity index is 573. The van der Waals surface area contributed by atoms with Crippen LogP contribution in [0, 0.1) is 0 Å². The minimum absolute atomic E-state index is 0.0438. The second kappa shape index (κ2) is 7.42. The van der Waals surface area contributed by atoms with Crippen LogP contribution in [0.3, 0.4) is 0 Å². The first-order valence-corrected chi connectivity index (χ1v) is 7.77. The maximum Gasteiger partial charge on any atom is 0.250 e. The maximum absolute atomic E-state index is 11.7. The van der Waals surface area contributed by atoms with Gasteiger partial charge in [-0.05, 0) is 45.6 Å². The number of nitrogen functional groups attached to an aromatic ring is 1. The van der Waals surface area contributed by atoms with Crippen molar-refractivity contribution in [2.75, 3.05) is 24.3 Å². The summed E-state index contributed by atoms with van der Waals surface area (Å²) in [5, 5.41) is 4.80. The lowest BCUT2D eigenvalue weighted by Gasteiger charge is -2.08. The molecule has 0 radical (unpaired) electrons. The number of amides is 1. The number of rotatable bonds is 6. The molecule has 20 heavy (non-hydrogen) atoms. The minimum Gasteiger partial charge on any atom is -0.399 e. The molecule has 0 aliphatic carbocycles. The molecule has 3 N–H and O–H groups in total. The van der Waals surface area contributed by atoms with E-state index in [0.29, 0.717) is 18.0 Å². The summed E-state index contributed by atoms with van der Waals surface area (Å²) >= 11 is 5.04. The number of thiophene rings is 1. The number of nitrogens with one attached hydrogen (secondary N) is 1. The summed E-state index contributed by atoms with van der Waals surface area (Å²) in [6.07, 6.45) is 0.830. The van der Waals surface area contributed by atoms with Gasteiger partial charge in [0.15, 0.2) is 0 Å². The standard InChI is InChI=1S/C14H15BrN2O2S/c15-12-8-10(16)3-4-13(12)17-14(18)9-19-6-5-11-2-1-7-20-11/h1-4,7-8H,5-6,9,16H2,(H,17,18). The van der Waals surface area contributed by atoms with E-state index >= 15 is 0 Å². The molecule has 1 aromatic carbocycles. The number of ether oxygens (including phenoxy) is 1. The molecule has 0 fully saturated rings. The smallest absolute Gasteiger partial charge is 0.250 e. The maximum atomic E-state index is 11.7. The van der Waals surface area contributed by atoms with Crippen LogP contribution in [0.15, 0.2) is 40.2 Å². The van der Waals surface area contributed by atoms with Crippen LogP contribution in [-0.4, -0.2) is 19.1 Å². The zero-order chi connectivity index (χ0) is 14.4. The van der Waals surface area contributed by atoms with Crippen molar-refractivity contribution >= 4 is 44.5 Å². The van der Waals surface area contributed by atoms with Crippen LogP contribution in [0.1, 0.15) is 4.88 Å². The number of carbonyl (C=O) groups is 1. The van der Waals surface area contributed by atoms with Crippen LogP contribution in [-0.2, 0) is 16.0 Å². The first kappa shape index (κ1) is 15.0. The van der Waals surface area contributed by atoms with Crippen LogP contribution < -0.4 is 11.1 Å². The molecule has 0 unspecified atom stereocenters.